The average molecular weight is 391 g/mol. The topological polar surface area (TPSA) is 90.1 Å². The van der Waals surface area contributed by atoms with Crippen molar-refractivity contribution in [1.82, 2.24) is 25.5 Å². The molecule has 144 valence electrons. The number of thioether (sulfide) groups is 1. The van der Waals surface area contributed by atoms with Crippen molar-refractivity contribution in [1.29, 1.82) is 0 Å². The number of piperazine rings is 1. The van der Waals surface area contributed by atoms with Crippen molar-refractivity contribution in [2.45, 2.75) is 18.7 Å². The maximum Gasteiger partial charge on any atom is 0.318 e. The molecule has 2 aromatic rings. The Labute approximate surface area is 161 Å². The zero-order chi connectivity index (χ0) is 19.2. The van der Waals surface area contributed by atoms with Gasteiger partial charge in [-0.15, -0.1) is 0 Å². The maximum absolute atomic E-state index is 13.2. The van der Waals surface area contributed by atoms with E-state index in [0.717, 1.165) is 22.9 Å². The second-order valence-corrected chi connectivity index (χ2v) is 7.30. The van der Waals surface area contributed by atoms with E-state index in [4.69, 9.17) is 0 Å². The number of amides is 3. The summed E-state index contributed by atoms with van der Waals surface area (Å²) in [4.78, 5) is 33.6. The molecule has 0 aliphatic carbocycles. The highest BCUT2D eigenvalue weighted by atomic mass is 32.2. The van der Waals surface area contributed by atoms with E-state index in [1.807, 2.05) is 6.92 Å². The Hall–Kier alpha value is -2.55. The summed E-state index contributed by atoms with van der Waals surface area (Å²) < 4.78 is 13.2. The zero-order valence-electron chi connectivity index (χ0n) is 15.0. The first-order valence-electron chi connectivity index (χ1n) is 8.70. The Morgan fingerprint density at radius 1 is 1.41 bits per heavy atom. The van der Waals surface area contributed by atoms with E-state index in [1.54, 1.807) is 18.1 Å². The normalized spacial score (nSPS) is 16.9. The van der Waals surface area contributed by atoms with E-state index in [-0.39, 0.29) is 17.8 Å². The number of carbonyl (C=O) groups excluding carboxylic acids is 2. The molecule has 0 spiro atoms. The van der Waals surface area contributed by atoms with Gasteiger partial charge in [-0.25, -0.2) is 14.2 Å². The molecule has 3 N–H and O–H groups in total. The molecule has 0 unspecified atom stereocenters. The predicted molar refractivity (Wildman–Crippen MR) is 102 cm³/mol. The van der Waals surface area contributed by atoms with Gasteiger partial charge >= 0.3 is 6.03 Å². The van der Waals surface area contributed by atoms with Gasteiger partial charge in [0.05, 0.1) is 12.0 Å². The van der Waals surface area contributed by atoms with E-state index in [0.29, 0.717) is 25.2 Å². The van der Waals surface area contributed by atoms with Crippen molar-refractivity contribution < 1.29 is 14.0 Å². The molecule has 0 saturated carbocycles. The second kappa shape index (κ2) is 8.90. The minimum atomic E-state index is -0.751. The first-order chi connectivity index (χ1) is 13.1. The lowest BCUT2D eigenvalue weighted by Gasteiger charge is -2.35. The van der Waals surface area contributed by atoms with Crippen molar-refractivity contribution in [2.24, 2.45) is 0 Å². The summed E-state index contributed by atoms with van der Waals surface area (Å²) in [5.41, 5.74) is 2.65. The smallest absolute Gasteiger partial charge is 0.318 e. The third-order valence-electron chi connectivity index (χ3n) is 4.35. The number of aromatic nitrogens is 2. The quantitative estimate of drug-likeness (QED) is 0.657. The Morgan fingerprint density at radius 3 is 2.89 bits per heavy atom. The average Bonchev–Trinajstić information content (AvgIpc) is 3.07. The molecule has 9 heteroatoms. The van der Waals surface area contributed by atoms with Gasteiger partial charge in [-0.1, -0.05) is 12.1 Å². The first kappa shape index (κ1) is 19.2. The molecule has 1 saturated heterocycles. The molecule has 1 aliphatic rings. The van der Waals surface area contributed by atoms with Gasteiger partial charge in [-0.05, 0) is 24.6 Å². The van der Waals surface area contributed by atoms with Crippen LogP contribution in [0.1, 0.15) is 23.0 Å². The highest BCUT2D eigenvalue weighted by molar-refractivity contribution is 7.98. The summed E-state index contributed by atoms with van der Waals surface area (Å²) in [7, 11) is 0. The van der Waals surface area contributed by atoms with E-state index in [9.17, 15) is 14.0 Å². The third kappa shape index (κ3) is 4.79. The molecule has 27 heavy (non-hydrogen) atoms. The summed E-state index contributed by atoms with van der Waals surface area (Å²) in [6, 6.07) is 4.61. The highest BCUT2D eigenvalue weighted by Crippen LogP contribution is 2.23. The summed E-state index contributed by atoms with van der Waals surface area (Å²) >= 11 is 1.68. The van der Waals surface area contributed by atoms with Crippen LogP contribution in [-0.4, -0.2) is 52.2 Å². The van der Waals surface area contributed by atoms with Gasteiger partial charge in [0.15, 0.2) is 0 Å². The SMILES string of the molecule is Cc1[nH]cnc1CSCCNC(=O)N1CCNC(=O)[C@@H]1c1ccc(F)cc1. The number of H-pyrrole nitrogens is 1. The fraction of sp³-hybridized carbons (Fsp3) is 0.389. The van der Waals surface area contributed by atoms with Crippen molar-refractivity contribution in [3.63, 3.8) is 0 Å². The number of imidazole rings is 1. The highest BCUT2D eigenvalue weighted by Gasteiger charge is 2.34. The summed E-state index contributed by atoms with van der Waals surface area (Å²) in [6.07, 6.45) is 1.67. The van der Waals surface area contributed by atoms with Gasteiger partial charge in [0.1, 0.15) is 11.9 Å². The predicted octanol–water partition coefficient (Wildman–Crippen LogP) is 1.97. The van der Waals surface area contributed by atoms with Gasteiger partial charge in [-0.2, -0.15) is 11.8 Å². The van der Waals surface area contributed by atoms with Crippen LogP contribution in [0.25, 0.3) is 0 Å². The second-order valence-electron chi connectivity index (χ2n) is 6.20. The molecule has 0 bridgehead atoms. The number of aromatic amines is 1. The number of halogens is 1. The monoisotopic (exact) mass is 391 g/mol. The lowest BCUT2D eigenvalue weighted by molar-refractivity contribution is -0.127. The molecule has 3 amide bonds. The van der Waals surface area contributed by atoms with Crippen LogP contribution in [0.5, 0.6) is 0 Å². The van der Waals surface area contributed by atoms with E-state index >= 15 is 0 Å². The Bertz CT molecular complexity index is 795. The number of carbonyl (C=O) groups is 2. The fourth-order valence-electron chi connectivity index (χ4n) is 2.90. The standard InChI is InChI=1S/C18H22FN5O2S/c1-12-15(23-11-22-12)10-27-9-7-21-18(26)24-8-6-20-17(25)16(24)13-2-4-14(19)5-3-13/h2-5,11,16H,6-10H2,1H3,(H,20,25)(H,21,26)(H,22,23)/t16-/m0/s1. The first-order valence-corrected chi connectivity index (χ1v) is 9.86. The van der Waals surface area contributed by atoms with Crippen LogP contribution in [0.4, 0.5) is 9.18 Å². The van der Waals surface area contributed by atoms with Crippen LogP contribution >= 0.6 is 11.8 Å². The summed E-state index contributed by atoms with van der Waals surface area (Å²) in [5, 5.41) is 5.62. The molecule has 7 nitrogen and oxygen atoms in total. The minimum Gasteiger partial charge on any atom is -0.352 e. The number of hydrogen-bond acceptors (Lipinski definition) is 4. The van der Waals surface area contributed by atoms with Crippen LogP contribution in [-0.2, 0) is 10.5 Å². The Kier molecular flexibility index (Phi) is 6.33. The number of urea groups is 1. The third-order valence-corrected chi connectivity index (χ3v) is 5.32. The maximum atomic E-state index is 13.2. The fourth-order valence-corrected chi connectivity index (χ4v) is 3.77. The molecule has 1 atom stereocenters. The van der Waals surface area contributed by atoms with Crippen molar-refractivity contribution >= 4 is 23.7 Å². The van der Waals surface area contributed by atoms with Crippen LogP contribution in [0, 0.1) is 12.7 Å². The molecule has 1 aromatic carbocycles. The minimum absolute atomic E-state index is 0.258. The van der Waals surface area contributed by atoms with Gasteiger partial charge in [0, 0.05) is 36.8 Å². The van der Waals surface area contributed by atoms with Crippen LogP contribution in [0.15, 0.2) is 30.6 Å². The van der Waals surface area contributed by atoms with Crippen molar-refractivity contribution in [3.05, 3.63) is 53.4 Å². The van der Waals surface area contributed by atoms with Crippen molar-refractivity contribution in [3.8, 4) is 0 Å². The van der Waals surface area contributed by atoms with Gasteiger partial charge < -0.3 is 20.5 Å². The summed E-state index contributed by atoms with van der Waals surface area (Å²) in [5.74, 6) is 0.871. The Morgan fingerprint density at radius 2 is 2.19 bits per heavy atom. The molecule has 2 heterocycles. The molecule has 0 radical (unpaired) electrons. The van der Waals surface area contributed by atoms with Gasteiger partial charge in [0.25, 0.3) is 0 Å². The largest absolute Gasteiger partial charge is 0.352 e. The van der Waals surface area contributed by atoms with E-state index in [2.05, 4.69) is 20.6 Å². The molecular weight excluding hydrogens is 369 g/mol. The number of aryl methyl sites for hydroxylation is 1. The molecule has 1 aliphatic heterocycles. The summed E-state index contributed by atoms with van der Waals surface area (Å²) in [6.45, 7) is 3.26. The number of nitrogens with one attached hydrogen (secondary N) is 3. The number of benzene rings is 1. The Balaban J connectivity index is 1.53. The van der Waals surface area contributed by atoms with Crippen LogP contribution in [0.3, 0.4) is 0 Å². The molecule has 1 aromatic heterocycles. The van der Waals surface area contributed by atoms with E-state index in [1.165, 1.54) is 29.2 Å². The lowest BCUT2D eigenvalue weighted by Crippen LogP contribution is -2.55. The molecule has 1 fully saturated rings. The van der Waals surface area contributed by atoms with Crippen molar-refractivity contribution in [2.75, 3.05) is 25.4 Å². The van der Waals surface area contributed by atoms with Gasteiger partial charge in [0.2, 0.25) is 5.91 Å². The molecule has 3 rings (SSSR count). The van der Waals surface area contributed by atoms with Crippen LogP contribution < -0.4 is 10.6 Å². The number of rotatable bonds is 6. The number of hydrogen-bond donors (Lipinski definition) is 3. The zero-order valence-corrected chi connectivity index (χ0v) is 15.8. The van der Waals surface area contributed by atoms with Crippen LogP contribution in [0.2, 0.25) is 0 Å². The van der Waals surface area contributed by atoms with E-state index < -0.39 is 6.04 Å². The number of nitrogens with zero attached hydrogens (tertiary/aromatic N) is 2. The molecular formula is C18H22FN5O2S. The van der Waals surface area contributed by atoms with Gasteiger partial charge in [-0.3, -0.25) is 4.79 Å². The lowest BCUT2D eigenvalue weighted by atomic mass is 10.0.